The molecular formula is C40H46N4O6S. The first-order valence-corrected chi connectivity index (χ1v) is 17.8. The molecule has 0 radical (unpaired) electrons. The Morgan fingerprint density at radius 1 is 0.706 bits per heavy atom. The van der Waals surface area contributed by atoms with Crippen molar-refractivity contribution in [2.24, 2.45) is 0 Å². The van der Waals surface area contributed by atoms with Gasteiger partial charge in [-0.3, -0.25) is 14.9 Å². The van der Waals surface area contributed by atoms with E-state index in [1.807, 2.05) is 54.2 Å². The zero-order valence-electron chi connectivity index (χ0n) is 30.4. The molecular weight excluding hydrogens is 665 g/mol. The topological polar surface area (TPSA) is 87.6 Å². The summed E-state index contributed by atoms with van der Waals surface area (Å²) in [6, 6.07) is 17.0. The highest BCUT2D eigenvalue weighted by Gasteiger charge is 2.27. The maximum atomic E-state index is 5.62. The Balaban J connectivity index is 1.17. The number of anilines is 1. The van der Waals surface area contributed by atoms with Gasteiger partial charge in [0.2, 0.25) is 11.5 Å². The number of ether oxygens (including phenoxy) is 6. The molecule has 1 aliphatic rings. The Morgan fingerprint density at radius 2 is 1.31 bits per heavy atom. The number of hydrogen-bond donors (Lipinski definition) is 0. The van der Waals surface area contributed by atoms with E-state index in [4.69, 9.17) is 28.4 Å². The minimum Gasteiger partial charge on any atom is -0.493 e. The van der Waals surface area contributed by atoms with E-state index in [1.165, 1.54) is 16.1 Å². The van der Waals surface area contributed by atoms with Crippen LogP contribution in [0.15, 0.2) is 72.5 Å². The van der Waals surface area contributed by atoms with Crippen LogP contribution in [-0.4, -0.2) is 76.7 Å². The normalized spacial score (nSPS) is 13.5. The molecule has 1 fully saturated rings. The third-order valence-corrected chi connectivity index (χ3v) is 10.4. The summed E-state index contributed by atoms with van der Waals surface area (Å²) < 4.78 is 33.5. The highest BCUT2D eigenvalue weighted by atomic mass is 32.1. The van der Waals surface area contributed by atoms with Crippen molar-refractivity contribution in [3.05, 3.63) is 89.2 Å². The van der Waals surface area contributed by atoms with E-state index in [0.29, 0.717) is 40.5 Å². The average Bonchev–Trinajstić information content (AvgIpc) is 3.61. The first kappa shape index (κ1) is 35.8. The van der Waals surface area contributed by atoms with Gasteiger partial charge >= 0.3 is 0 Å². The summed E-state index contributed by atoms with van der Waals surface area (Å²) in [7, 11) is 9.74. The van der Waals surface area contributed by atoms with Crippen LogP contribution in [0.2, 0.25) is 0 Å². The third-order valence-electron chi connectivity index (χ3n) is 9.33. The quantitative estimate of drug-likeness (QED) is 0.113. The number of likely N-dealkylation sites (tertiary alicyclic amines) is 1. The Kier molecular flexibility index (Phi) is 11.5. The summed E-state index contributed by atoms with van der Waals surface area (Å²) in [6.07, 6.45) is 7.85. The SMILES string of the molecule is COc1cc(-c2cncc(CN(c3cc(C)cs3)C3CCN(Cc4ccnc(-c5cc(OC)c(OC)c(OC)c5)c4)CC3)c2)cc(OC)c1OC. The fourth-order valence-corrected chi connectivity index (χ4v) is 7.71. The monoisotopic (exact) mass is 710 g/mol. The van der Waals surface area contributed by atoms with Crippen molar-refractivity contribution in [3.63, 3.8) is 0 Å². The smallest absolute Gasteiger partial charge is 0.203 e. The highest BCUT2D eigenvalue weighted by molar-refractivity contribution is 7.14. The van der Waals surface area contributed by atoms with Gasteiger partial charge in [0.05, 0.1) is 53.4 Å². The summed E-state index contributed by atoms with van der Waals surface area (Å²) in [5, 5.41) is 3.52. The second kappa shape index (κ2) is 16.3. The van der Waals surface area contributed by atoms with Crippen LogP contribution < -0.4 is 33.3 Å². The Hall–Kier alpha value is -5.00. The molecule has 0 unspecified atom stereocenters. The minimum atomic E-state index is 0.399. The first-order valence-electron chi connectivity index (χ1n) is 16.9. The van der Waals surface area contributed by atoms with Crippen molar-refractivity contribution in [1.29, 1.82) is 0 Å². The third kappa shape index (κ3) is 8.00. The highest BCUT2D eigenvalue weighted by Crippen LogP contribution is 2.42. The maximum absolute atomic E-state index is 5.62. The molecule has 0 spiro atoms. The summed E-state index contributed by atoms with van der Waals surface area (Å²) in [5.74, 6) is 3.58. The standard InChI is InChI=1S/C40H46N4O6S/c1-26-14-38(51-25-26)44(24-28-15-31(22-41-21-28)29-17-34(45-2)39(49-6)35(18-29)46-3)32-9-12-43(13-10-32)23-27-8-11-42-33(16-27)30-19-36(47-4)40(50-7)37(20-30)48-5/h8,11,14-22,25,32H,9-10,12-13,23-24H2,1-7H3. The van der Waals surface area contributed by atoms with Crippen LogP contribution in [-0.2, 0) is 13.1 Å². The molecule has 4 heterocycles. The van der Waals surface area contributed by atoms with Crippen LogP contribution in [0.25, 0.3) is 22.4 Å². The molecule has 1 saturated heterocycles. The molecule has 0 aliphatic carbocycles. The molecule has 0 bridgehead atoms. The lowest BCUT2D eigenvalue weighted by Gasteiger charge is -2.39. The lowest BCUT2D eigenvalue weighted by molar-refractivity contribution is 0.201. The molecule has 2 aromatic carbocycles. The van der Waals surface area contributed by atoms with E-state index < -0.39 is 0 Å². The van der Waals surface area contributed by atoms with Crippen LogP contribution in [0.1, 0.15) is 29.5 Å². The van der Waals surface area contributed by atoms with Gasteiger partial charge in [-0.25, -0.2) is 0 Å². The van der Waals surface area contributed by atoms with E-state index in [9.17, 15) is 0 Å². The van der Waals surface area contributed by atoms with Crippen molar-refractivity contribution < 1.29 is 28.4 Å². The zero-order valence-corrected chi connectivity index (χ0v) is 31.2. The molecule has 0 saturated carbocycles. The number of pyridine rings is 2. The fraction of sp³-hybridized carbons (Fsp3) is 0.350. The summed E-state index contributed by atoms with van der Waals surface area (Å²) in [5.41, 5.74) is 7.36. The van der Waals surface area contributed by atoms with E-state index in [2.05, 4.69) is 56.3 Å². The van der Waals surface area contributed by atoms with E-state index in [-0.39, 0.29) is 0 Å². The Labute approximate surface area is 304 Å². The molecule has 0 atom stereocenters. The van der Waals surface area contributed by atoms with Gasteiger partial charge in [-0.1, -0.05) is 0 Å². The van der Waals surface area contributed by atoms with Gasteiger partial charge in [-0.05, 0) is 95.9 Å². The van der Waals surface area contributed by atoms with Crippen LogP contribution in [0.3, 0.4) is 0 Å². The lowest BCUT2D eigenvalue weighted by atomic mass is 10.0. The summed E-state index contributed by atoms with van der Waals surface area (Å²) >= 11 is 1.81. The van der Waals surface area contributed by atoms with Crippen LogP contribution in [0, 0.1) is 6.92 Å². The average molecular weight is 711 g/mol. The largest absolute Gasteiger partial charge is 0.493 e. The van der Waals surface area contributed by atoms with Gasteiger partial charge in [-0.15, -0.1) is 11.3 Å². The number of aromatic nitrogens is 2. The minimum absolute atomic E-state index is 0.399. The van der Waals surface area contributed by atoms with Crippen LogP contribution in [0.5, 0.6) is 34.5 Å². The van der Waals surface area contributed by atoms with Crippen molar-refractivity contribution in [2.45, 2.75) is 38.9 Å². The Morgan fingerprint density at radius 3 is 1.86 bits per heavy atom. The zero-order chi connectivity index (χ0) is 35.9. The maximum Gasteiger partial charge on any atom is 0.203 e. The van der Waals surface area contributed by atoms with Crippen LogP contribution >= 0.6 is 11.3 Å². The molecule has 10 nitrogen and oxygen atoms in total. The molecule has 268 valence electrons. The van der Waals surface area contributed by atoms with Gasteiger partial charge in [0.15, 0.2) is 23.0 Å². The van der Waals surface area contributed by atoms with Gasteiger partial charge in [0.25, 0.3) is 0 Å². The van der Waals surface area contributed by atoms with Gasteiger partial charge in [0.1, 0.15) is 0 Å². The van der Waals surface area contributed by atoms with Gasteiger partial charge in [0, 0.05) is 61.9 Å². The fourth-order valence-electron chi connectivity index (χ4n) is 6.74. The van der Waals surface area contributed by atoms with Gasteiger partial charge < -0.3 is 33.3 Å². The number of hydrogen-bond acceptors (Lipinski definition) is 11. The molecule has 51 heavy (non-hydrogen) atoms. The summed E-state index contributed by atoms with van der Waals surface area (Å²) in [4.78, 5) is 14.4. The summed E-state index contributed by atoms with van der Waals surface area (Å²) in [6.45, 7) is 5.77. The second-order valence-corrected chi connectivity index (χ2v) is 13.4. The predicted octanol–water partition coefficient (Wildman–Crippen LogP) is 7.90. The van der Waals surface area contributed by atoms with E-state index in [0.717, 1.165) is 67.0 Å². The van der Waals surface area contributed by atoms with Crippen LogP contribution in [0.4, 0.5) is 5.00 Å². The van der Waals surface area contributed by atoms with Crippen molar-refractivity contribution in [2.75, 3.05) is 60.6 Å². The van der Waals surface area contributed by atoms with Crippen molar-refractivity contribution in [3.8, 4) is 56.9 Å². The molecule has 6 rings (SSSR count). The number of aryl methyl sites for hydroxylation is 1. The Bertz CT molecular complexity index is 1890. The molecule has 11 heteroatoms. The van der Waals surface area contributed by atoms with Crippen molar-refractivity contribution >= 4 is 16.3 Å². The first-order chi connectivity index (χ1) is 24.9. The predicted molar refractivity (Wildman–Crippen MR) is 202 cm³/mol. The number of piperidine rings is 1. The molecule has 1 aliphatic heterocycles. The molecule has 3 aromatic heterocycles. The molecule has 5 aromatic rings. The second-order valence-electron chi connectivity index (χ2n) is 12.6. The van der Waals surface area contributed by atoms with E-state index in [1.54, 1.807) is 42.7 Å². The number of benzene rings is 2. The van der Waals surface area contributed by atoms with Gasteiger partial charge in [-0.2, -0.15) is 0 Å². The molecule has 0 amide bonds. The molecule has 0 N–H and O–H groups in total. The van der Waals surface area contributed by atoms with Crippen molar-refractivity contribution in [1.82, 2.24) is 14.9 Å². The number of nitrogens with zero attached hydrogens (tertiary/aromatic N) is 4. The lowest BCUT2D eigenvalue weighted by Crippen LogP contribution is -2.44. The number of thiophene rings is 1. The number of rotatable bonds is 14. The van der Waals surface area contributed by atoms with E-state index >= 15 is 0 Å². The number of methoxy groups -OCH3 is 6.